The molecule has 0 bridgehead atoms. The zero-order chi connectivity index (χ0) is 11.3. The van der Waals surface area contributed by atoms with E-state index in [1.165, 1.54) is 11.2 Å². The number of aliphatic hydroxyl groups is 2. The Kier molecular flexibility index (Phi) is 4.26. The summed E-state index contributed by atoms with van der Waals surface area (Å²) in [4.78, 5) is 17.0. The van der Waals surface area contributed by atoms with Crippen LogP contribution in [0.1, 0.15) is 10.5 Å². The van der Waals surface area contributed by atoms with E-state index in [0.717, 1.165) is 0 Å². The molecule has 1 rings (SSSR count). The molecule has 0 unspecified atom stereocenters. The number of aliphatic hydroxyl groups excluding tert-OH is 2. The number of nitrogens with zero attached hydrogens (tertiary/aromatic N) is 3. The minimum Gasteiger partial charge on any atom is -0.395 e. The van der Waals surface area contributed by atoms with Gasteiger partial charge in [0.1, 0.15) is 5.69 Å². The second-order valence-corrected chi connectivity index (χ2v) is 3.16. The van der Waals surface area contributed by atoms with Crippen molar-refractivity contribution in [2.24, 2.45) is 7.05 Å². The van der Waals surface area contributed by atoms with Crippen LogP contribution in [-0.4, -0.2) is 56.9 Å². The Morgan fingerprint density at radius 2 is 2.07 bits per heavy atom. The topological polar surface area (TPSA) is 78.6 Å². The fourth-order valence-electron chi connectivity index (χ4n) is 1.24. The highest BCUT2D eigenvalue weighted by Crippen LogP contribution is 2.01. The summed E-state index contributed by atoms with van der Waals surface area (Å²) in [7, 11) is 1.77. The SMILES string of the molecule is Cn1cnc(C(=O)N(CCO)CCO)c1. The van der Waals surface area contributed by atoms with Crippen LogP contribution >= 0.6 is 0 Å². The standard InChI is InChI=1S/C9H15N3O3/c1-11-6-8(10-7-11)9(15)12(2-4-13)3-5-14/h6-7,13-14H,2-5H2,1H3. The highest BCUT2D eigenvalue weighted by molar-refractivity contribution is 5.92. The number of carbonyl (C=O) groups excluding carboxylic acids is 1. The molecule has 0 saturated heterocycles. The Morgan fingerprint density at radius 1 is 1.47 bits per heavy atom. The number of hydrogen-bond donors (Lipinski definition) is 2. The molecule has 1 heterocycles. The van der Waals surface area contributed by atoms with Crippen molar-refractivity contribution in [3.63, 3.8) is 0 Å². The molecule has 1 aromatic heterocycles. The molecule has 0 aromatic carbocycles. The number of carbonyl (C=O) groups is 1. The van der Waals surface area contributed by atoms with Gasteiger partial charge in [-0.15, -0.1) is 0 Å². The molecule has 0 radical (unpaired) electrons. The first kappa shape index (κ1) is 11.7. The van der Waals surface area contributed by atoms with Crippen molar-refractivity contribution in [2.75, 3.05) is 26.3 Å². The molecule has 0 spiro atoms. The van der Waals surface area contributed by atoms with Crippen LogP contribution in [0.15, 0.2) is 12.5 Å². The molecular formula is C9H15N3O3. The quantitative estimate of drug-likeness (QED) is 0.647. The lowest BCUT2D eigenvalue weighted by Gasteiger charge is -2.19. The van der Waals surface area contributed by atoms with Crippen molar-refractivity contribution < 1.29 is 15.0 Å². The van der Waals surface area contributed by atoms with Gasteiger partial charge in [0.2, 0.25) is 0 Å². The third-order valence-corrected chi connectivity index (χ3v) is 1.95. The van der Waals surface area contributed by atoms with Crippen LogP contribution in [0.3, 0.4) is 0 Å². The van der Waals surface area contributed by atoms with Crippen molar-refractivity contribution in [3.8, 4) is 0 Å². The second kappa shape index (κ2) is 5.47. The largest absolute Gasteiger partial charge is 0.395 e. The number of hydrogen-bond acceptors (Lipinski definition) is 4. The molecule has 84 valence electrons. The maximum Gasteiger partial charge on any atom is 0.274 e. The van der Waals surface area contributed by atoms with Gasteiger partial charge in [0.15, 0.2) is 0 Å². The lowest BCUT2D eigenvalue weighted by Crippen LogP contribution is -2.36. The molecule has 0 fully saturated rings. The molecule has 0 aliphatic heterocycles. The zero-order valence-corrected chi connectivity index (χ0v) is 8.63. The molecule has 0 aliphatic rings. The normalized spacial score (nSPS) is 10.3. The smallest absolute Gasteiger partial charge is 0.274 e. The van der Waals surface area contributed by atoms with Gasteiger partial charge in [-0.1, -0.05) is 0 Å². The monoisotopic (exact) mass is 213 g/mol. The number of aromatic nitrogens is 2. The molecule has 1 amide bonds. The Bertz CT molecular complexity index is 318. The van der Waals surface area contributed by atoms with Gasteiger partial charge in [-0.3, -0.25) is 4.79 Å². The molecular weight excluding hydrogens is 198 g/mol. The van der Waals surface area contributed by atoms with Crippen molar-refractivity contribution in [1.82, 2.24) is 14.5 Å². The van der Waals surface area contributed by atoms with Crippen LogP contribution < -0.4 is 0 Å². The van der Waals surface area contributed by atoms with E-state index in [-0.39, 0.29) is 32.2 Å². The predicted octanol–water partition coefficient (Wildman–Crippen LogP) is -1.15. The third-order valence-electron chi connectivity index (χ3n) is 1.95. The van der Waals surface area contributed by atoms with E-state index in [2.05, 4.69) is 4.98 Å². The summed E-state index contributed by atoms with van der Waals surface area (Å²) in [6, 6.07) is 0. The van der Waals surface area contributed by atoms with Crippen LogP contribution in [0.5, 0.6) is 0 Å². The van der Waals surface area contributed by atoms with E-state index >= 15 is 0 Å². The summed E-state index contributed by atoms with van der Waals surface area (Å²) in [6.07, 6.45) is 3.13. The van der Waals surface area contributed by atoms with Gasteiger partial charge in [0.05, 0.1) is 19.5 Å². The van der Waals surface area contributed by atoms with Crippen molar-refractivity contribution >= 4 is 5.91 Å². The summed E-state index contributed by atoms with van der Waals surface area (Å²) in [5, 5.41) is 17.5. The average Bonchev–Trinajstić information content (AvgIpc) is 2.63. The minimum atomic E-state index is -0.279. The first-order valence-corrected chi connectivity index (χ1v) is 4.68. The summed E-state index contributed by atoms with van der Waals surface area (Å²) in [6.45, 7) is 0.156. The lowest BCUT2D eigenvalue weighted by atomic mass is 10.3. The van der Waals surface area contributed by atoms with Gasteiger partial charge in [-0.2, -0.15) is 0 Å². The van der Waals surface area contributed by atoms with E-state index in [0.29, 0.717) is 5.69 Å². The number of imidazole rings is 1. The average molecular weight is 213 g/mol. The zero-order valence-electron chi connectivity index (χ0n) is 8.63. The van der Waals surface area contributed by atoms with Gasteiger partial charge < -0.3 is 19.7 Å². The maximum atomic E-state index is 11.8. The Labute approximate surface area is 87.8 Å². The van der Waals surface area contributed by atoms with Crippen LogP contribution in [-0.2, 0) is 7.05 Å². The van der Waals surface area contributed by atoms with Crippen LogP contribution in [0.2, 0.25) is 0 Å². The molecule has 0 atom stereocenters. The minimum absolute atomic E-state index is 0.126. The van der Waals surface area contributed by atoms with Gasteiger partial charge in [0.25, 0.3) is 5.91 Å². The maximum absolute atomic E-state index is 11.8. The highest BCUT2D eigenvalue weighted by atomic mass is 16.3. The molecule has 6 nitrogen and oxygen atoms in total. The van der Waals surface area contributed by atoms with E-state index in [9.17, 15) is 4.79 Å². The molecule has 2 N–H and O–H groups in total. The second-order valence-electron chi connectivity index (χ2n) is 3.16. The van der Waals surface area contributed by atoms with E-state index in [4.69, 9.17) is 10.2 Å². The van der Waals surface area contributed by atoms with Crippen molar-refractivity contribution in [3.05, 3.63) is 18.2 Å². The Hall–Kier alpha value is -1.40. The van der Waals surface area contributed by atoms with Crippen LogP contribution in [0.4, 0.5) is 0 Å². The molecule has 1 aromatic rings. The first-order chi connectivity index (χ1) is 7.19. The Balaban J connectivity index is 2.71. The van der Waals surface area contributed by atoms with E-state index < -0.39 is 0 Å². The number of amides is 1. The molecule has 15 heavy (non-hydrogen) atoms. The van der Waals surface area contributed by atoms with Gasteiger partial charge in [-0.25, -0.2) is 4.98 Å². The van der Waals surface area contributed by atoms with Gasteiger partial charge in [0, 0.05) is 26.3 Å². The van der Waals surface area contributed by atoms with Crippen molar-refractivity contribution in [1.29, 1.82) is 0 Å². The molecule has 0 saturated carbocycles. The van der Waals surface area contributed by atoms with E-state index in [1.54, 1.807) is 17.8 Å². The summed E-state index contributed by atoms with van der Waals surface area (Å²) in [5.74, 6) is -0.279. The number of aryl methyl sites for hydroxylation is 1. The van der Waals surface area contributed by atoms with E-state index in [1.807, 2.05) is 0 Å². The predicted molar refractivity (Wildman–Crippen MR) is 53.3 cm³/mol. The van der Waals surface area contributed by atoms with Gasteiger partial charge in [-0.05, 0) is 0 Å². The molecule has 6 heteroatoms. The van der Waals surface area contributed by atoms with Crippen LogP contribution in [0, 0.1) is 0 Å². The highest BCUT2D eigenvalue weighted by Gasteiger charge is 2.16. The first-order valence-electron chi connectivity index (χ1n) is 4.68. The van der Waals surface area contributed by atoms with Crippen LogP contribution in [0.25, 0.3) is 0 Å². The van der Waals surface area contributed by atoms with Gasteiger partial charge >= 0.3 is 0 Å². The fourth-order valence-corrected chi connectivity index (χ4v) is 1.24. The summed E-state index contributed by atoms with van der Waals surface area (Å²) in [5.41, 5.74) is 0.319. The Morgan fingerprint density at radius 3 is 2.47 bits per heavy atom. The lowest BCUT2D eigenvalue weighted by molar-refractivity contribution is 0.0679. The summed E-state index contributed by atoms with van der Waals surface area (Å²) < 4.78 is 1.67. The molecule has 0 aliphatic carbocycles. The number of rotatable bonds is 5. The van der Waals surface area contributed by atoms with Crippen molar-refractivity contribution in [2.45, 2.75) is 0 Å². The third kappa shape index (κ3) is 3.03. The summed E-state index contributed by atoms with van der Waals surface area (Å²) >= 11 is 0. The fraction of sp³-hybridized carbons (Fsp3) is 0.556.